The molecule has 0 bridgehead atoms. The van der Waals surface area contributed by atoms with Crippen LogP contribution in [0.1, 0.15) is 29.2 Å². The van der Waals surface area contributed by atoms with Crippen LogP contribution < -0.4 is 10.1 Å². The van der Waals surface area contributed by atoms with Gasteiger partial charge in [0.2, 0.25) is 0 Å². The summed E-state index contributed by atoms with van der Waals surface area (Å²) in [6, 6.07) is 3.00. The standard InChI is InChI=1S/C19H23FN4O3/c1-13-8-22-24(9-13)17-3-5-23(10-17)19(25)21-4-2-14-6-16(20)7-15-11-26-12-27-18(14)15/h6-9,17H,2-5,10-12H2,1H3,(H,21,25). The largest absolute Gasteiger partial charge is 0.467 e. The maximum atomic E-state index is 13.8. The minimum absolute atomic E-state index is 0.101. The molecule has 1 atom stereocenters. The van der Waals surface area contributed by atoms with Crippen molar-refractivity contribution in [3.63, 3.8) is 0 Å². The molecule has 0 radical (unpaired) electrons. The molecule has 4 rings (SSSR count). The summed E-state index contributed by atoms with van der Waals surface area (Å²) in [5.74, 6) is 0.355. The highest BCUT2D eigenvalue weighted by molar-refractivity contribution is 5.74. The van der Waals surface area contributed by atoms with Gasteiger partial charge in [-0.3, -0.25) is 4.68 Å². The monoisotopic (exact) mass is 374 g/mol. The Morgan fingerprint density at radius 3 is 3.15 bits per heavy atom. The first kappa shape index (κ1) is 17.8. The molecular weight excluding hydrogens is 351 g/mol. The van der Waals surface area contributed by atoms with Crippen LogP contribution in [0, 0.1) is 12.7 Å². The average molecular weight is 374 g/mol. The van der Waals surface area contributed by atoms with Crippen molar-refractivity contribution in [2.75, 3.05) is 26.4 Å². The lowest BCUT2D eigenvalue weighted by molar-refractivity contribution is -0.0172. The summed E-state index contributed by atoms with van der Waals surface area (Å²) in [4.78, 5) is 14.2. The summed E-state index contributed by atoms with van der Waals surface area (Å²) in [5.41, 5.74) is 2.57. The Morgan fingerprint density at radius 2 is 2.33 bits per heavy atom. The van der Waals surface area contributed by atoms with Gasteiger partial charge in [-0.15, -0.1) is 0 Å². The molecule has 3 heterocycles. The van der Waals surface area contributed by atoms with E-state index in [1.165, 1.54) is 12.1 Å². The quantitative estimate of drug-likeness (QED) is 0.892. The van der Waals surface area contributed by atoms with Gasteiger partial charge in [0.05, 0.1) is 18.8 Å². The number of likely N-dealkylation sites (tertiary alicyclic amines) is 1. The number of ether oxygens (including phenoxy) is 2. The Labute approximate surface area is 157 Å². The third kappa shape index (κ3) is 3.90. The van der Waals surface area contributed by atoms with E-state index in [1.807, 2.05) is 24.0 Å². The SMILES string of the molecule is Cc1cnn(C2CCN(C(=O)NCCc3cc(F)cc4c3OCOC4)C2)c1. The predicted molar refractivity (Wildman–Crippen MR) is 96.0 cm³/mol. The molecule has 1 aromatic heterocycles. The van der Waals surface area contributed by atoms with Crippen LogP contribution in [-0.2, 0) is 17.8 Å². The summed E-state index contributed by atoms with van der Waals surface area (Å²) >= 11 is 0. The van der Waals surface area contributed by atoms with Crippen LogP contribution in [-0.4, -0.2) is 47.1 Å². The van der Waals surface area contributed by atoms with Crippen molar-refractivity contribution in [1.29, 1.82) is 0 Å². The summed E-state index contributed by atoms with van der Waals surface area (Å²) in [5, 5.41) is 7.27. The Morgan fingerprint density at radius 1 is 1.44 bits per heavy atom. The van der Waals surface area contributed by atoms with Crippen molar-refractivity contribution in [1.82, 2.24) is 20.0 Å². The van der Waals surface area contributed by atoms with Crippen molar-refractivity contribution in [2.45, 2.75) is 32.4 Å². The van der Waals surface area contributed by atoms with Crippen molar-refractivity contribution in [3.05, 3.63) is 47.0 Å². The van der Waals surface area contributed by atoms with Gasteiger partial charge in [0.15, 0.2) is 6.79 Å². The number of aryl methyl sites for hydroxylation is 1. The zero-order valence-corrected chi connectivity index (χ0v) is 15.3. The minimum atomic E-state index is -0.318. The van der Waals surface area contributed by atoms with E-state index >= 15 is 0 Å². The zero-order chi connectivity index (χ0) is 18.8. The highest BCUT2D eigenvalue weighted by Crippen LogP contribution is 2.29. The van der Waals surface area contributed by atoms with Crippen molar-refractivity contribution in [3.8, 4) is 5.75 Å². The molecule has 144 valence electrons. The maximum absolute atomic E-state index is 13.8. The number of hydrogen-bond acceptors (Lipinski definition) is 4. The van der Waals surface area contributed by atoms with Crippen molar-refractivity contribution in [2.24, 2.45) is 0 Å². The number of nitrogens with one attached hydrogen (secondary N) is 1. The predicted octanol–water partition coefficient (Wildman–Crippen LogP) is 2.40. The number of benzene rings is 1. The Kier molecular flexibility index (Phi) is 4.98. The molecule has 8 heteroatoms. The first-order valence-corrected chi connectivity index (χ1v) is 9.15. The molecule has 0 saturated carbocycles. The van der Waals surface area contributed by atoms with Gasteiger partial charge >= 0.3 is 6.03 Å². The first-order valence-electron chi connectivity index (χ1n) is 9.15. The van der Waals surface area contributed by atoms with Gasteiger partial charge in [0.1, 0.15) is 11.6 Å². The van der Waals surface area contributed by atoms with Crippen LogP contribution in [0.5, 0.6) is 5.75 Å². The summed E-state index contributed by atoms with van der Waals surface area (Å²) in [6.07, 6.45) is 5.22. The van der Waals surface area contributed by atoms with E-state index in [2.05, 4.69) is 10.4 Å². The number of fused-ring (bicyclic) bond motifs is 1. The molecule has 1 aromatic carbocycles. The number of hydrogen-bond donors (Lipinski definition) is 1. The number of carbonyl (C=O) groups excluding carboxylic acids is 1. The van der Waals surface area contributed by atoms with Crippen LogP contribution in [0.3, 0.4) is 0 Å². The number of nitrogens with zero attached hydrogens (tertiary/aromatic N) is 3. The smallest absolute Gasteiger partial charge is 0.317 e. The number of amides is 2. The van der Waals surface area contributed by atoms with Gasteiger partial charge in [0.25, 0.3) is 0 Å². The second-order valence-corrected chi connectivity index (χ2v) is 7.03. The number of aromatic nitrogens is 2. The summed E-state index contributed by atoms with van der Waals surface area (Å²) < 4.78 is 26.4. The second kappa shape index (κ2) is 7.56. The van der Waals surface area contributed by atoms with Gasteiger partial charge in [-0.25, -0.2) is 9.18 Å². The topological polar surface area (TPSA) is 68.6 Å². The fourth-order valence-corrected chi connectivity index (χ4v) is 3.63. The average Bonchev–Trinajstić information content (AvgIpc) is 3.30. The van der Waals surface area contributed by atoms with Crippen LogP contribution in [0.2, 0.25) is 0 Å². The van der Waals surface area contributed by atoms with Crippen LogP contribution in [0.4, 0.5) is 9.18 Å². The van der Waals surface area contributed by atoms with Crippen LogP contribution in [0.25, 0.3) is 0 Å². The number of carbonyl (C=O) groups is 1. The zero-order valence-electron chi connectivity index (χ0n) is 15.3. The molecular formula is C19H23FN4O3. The van der Waals surface area contributed by atoms with Gasteiger partial charge in [0, 0.05) is 31.4 Å². The van der Waals surface area contributed by atoms with E-state index in [0.29, 0.717) is 44.0 Å². The van der Waals surface area contributed by atoms with Gasteiger partial charge in [-0.1, -0.05) is 0 Å². The van der Waals surface area contributed by atoms with Gasteiger partial charge < -0.3 is 19.7 Å². The molecule has 0 spiro atoms. The van der Waals surface area contributed by atoms with E-state index in [4.69, 9.17) is 9.47 Å². The Bertz CT molecular complexity index is 838. The van der Waals surface area contributed by atoms with Gasteiger partial charge in [-0.05, 0) is 43.0 Å². The number of rotatable bonds is 4. The highest BCUT2D eigenvalue weighted by atomic mass is 19.1. The Hall–Kier alpha value is -2.61. The summed E-state index contributed by atoms with van der Waals surface area (Å²) in [6.45, 7) is 4.27. The molecule has 0 aliphatic carbocycles. The molecule has 1 fully saturated rings. The first-order chi connectivity index (χ1) is 13.1. The third-order valence-corrected chi connectivity index (χ3v) is 4.98. The normalized spacial score (nSPS) is 18.9. The number of halogens is 1. The molecule has 2 amide bonds. The Balaban J connectivity index is 1.31. The van der Waals surface area contributed by atoms with Crippen molar-refractivity contribution >= 4 is 6.03 Å². The summed E-state index contributed by atoms with van der Waals surface area (Å²) in [7, 11) is 0. The minimum Gasteiger partial charge on any atom is -0.467 e. The van der Waals surface area contributed by atoms with E-state index in [0.717, 1.165) is 17.5 Å². The fourth-order valence-electron chi connectivity index (χ4n) is 3.63. The molecule has 27 heavy (non-hydrogen) atoms. The van der Waals surface area contributed by atoms with E-state index < -0.39 is 0 Å². The third-order valence-electron chi connectivity index (χ3n) is 4.98. The van der Waals surface area contributed by atoms with Crippen molar-refractivity contribution < 1.29 is 18.7 Å². The number of urea groups is 1. The molecule has 2 aliphatic heterocycles. The van der Waals surface area contributed by atoms with E-state index in [1.54, 1.807) is 4.90 Å². The lowest BCUT2D eigenvalue weighted by Crippen LogP contribution is -2.39. The fraction of sp³-hybridized carbons (Fsp3) is 0.474. The maximum Gasteiger partial charge on any atom is 0.317 e. The molecule has 1 N–H and O–H groups in total. The van der Waals surface area contributed by atoms with E-state index in [-0.39, 0.29) is 24.7 Å². The highest BCUT2D eigenvalue weighted by Gasteiger charge is 2.27. The van der Waals surface area contributed by atoms with Gasteiger partial charge in [-0.2, -0.15) is 5.10 Å². The lowest BCUT2D eigenvalue weighted by atomic mass is 10.1. The molecule has 7 nitrogen and oxygen atoms in total. The molecule has 2 aliphatic rings. The van der Waals surface area contributed by atoms with Crippen LogP contribution >= 0.6 is 0 Å². The molecule has 1 saturated heterocycles. The molecule has 2 aromatic rings. The molecule has 1 unspecified atom stereocenters. The van der Waals surface area contributed by atoms with E-state index in [9.17, 15) is 9.18 Å². The van der Waals surface area contributed by atoms with Crippen LogP contribution in [0.15, 0.2) is 24.5 Å². The lowest BCUT2D eigenvalue weighted by Gasteiger charge is -2.21. The second-order valence-electron chi connectivity index (χ2n) is 7.03.